The van der Waals surface area contributed by atoms with Gasteiger partial charge in [0.1, 0.15) is 0 Å². The van der Waals surface area contributed by atoms with Gasteiger partial charge in [0, 0.05) is 31.4 Å². The highest BCUT2D eigenvalue weighted by Crippen LogP contribution is 2.23. The first-order valence-corrected chi connectivity index (χ1v) is 8.89. The van der Waals surface area contributed by atoms with Gasteiger partial charge in [0.05, 0.1) is 23.9 Å². The fourth-order valence-electron chi connectivity index (χ4n) is 3.30. The van der Waals surface area contributed by atoms with Crippen LogP contribution >= 0.6 is 0 Å². The summed E-state index contributed by atoms with van der Waals surface area (Å²) in [6.45, 7) is 6.07. The third kappa shape index (κ3) is 4.34. The summed E-state index contributed by atoms with van der Waals surface area (Å²) in [6.07, 6.45) is 0. The Bertz CT molecular complexity index is 879. The number of aromatic nitrogens is 1. The molecule has 1 saturated heterocycles. The second kappa shape index (κ2) is 8.04. The molecule has 6 nitrogen and oxygen atoms in total. The number of nitrogens with zero attached hydrogens (tertiary/aromatic N) is 4. The van der Waals surface area contributed by atoms with Crippen molar-refractivity contribution in [3.05, 3.63) is 59.2 Å². The topological polar surface area (TPSA) is 72.3 Å². The number of nitrogens with one attached hydrogen (secondary N) is 1. The van der Waals surface area contributed by atoms with E-state index in [4.69, 9.17) is 5.26 Å². The molecule has 0 aliphatic carbocycles. The molecule has 2 heterocycles. The molecule has 1 aliphatic heterocycles. The highest BCUT2D eigenvalue weighted by molar-refractivity contribution is 5.74. The summed E-state index contributed by atoms with van der Waals surface area (Å²) >= 11 is 0. The van der Waals surface area contributed by atoms with E-state index in [1.807, 2.05) is 25.1 Å². The van der Waals surface area contributed by atoms with Gasteiger partial charge in [-0.15, -0.1) is 0 Å². The lowest BCUT2D eigenvalue weighted by molar-refractivity contribution is 0.186. The molecule has 3 rings (SSSR count). The van der Waals surface area contributed by atoms with Crippen molar-refractivity contribution in [2.45, 2.75) is 26.4 Å². The summed E-state index contributed by atoms with van der Waals surface area (Å²) in [7, 11) is 0. The molecule has 1 aliphatic rings. The number of halogens is 1. The van der Waals surface area contributed by atoms with Crippen LogP contribution in [0.4, 0.5) is 14.9 Å². The number of carbonyl (C=O) groups excluding carboxylic acids is 1. The van der Waals surface area contributed by atoms with E-state index in [0.717, 1.165) is 11.3 Å². The first-order chi connectivity index (χ1) is 13.0. The Kier molecular flexibility index (Phi) is 5.55. The molecule has 1 aromatic carbocycles. The van der Waals surface area contributed by atoms with Gasteiger partial charge in [0.25, 0.3) is 0 Å². The Morgan fingerprint density at radius 3 is 2.85 bits per heavy atom. The minimum atomic E-state index is -0.554. The number of aryl methyl sites for hydroxylation is 1. The number of benzene rings is 1. The molecule has 2 amide bonds. The molecule has 1 N–H and O–H groups in total. The minimum absolute atomic E-state index is 0.143. The van der Waals surface area contributed by atoms with Gasteiger partial charge >= 0.3 is 6.03 Å². The second-order valence-electron chi connectivity index (χ2n) is 6.71. The number of hydrogen-bond acceptors (Lipinski definition) is 4. The van der Waals surface area contributed by atoms with E-state index in [1.165, 1.54) is 6.07 Å². The van der Waals surface area contributed by atoms with Gasteiger partial charge in [-0.25, -0.2) is 9.78 Å². The molecular weight excluding hydrogens is 345 g/mol. The van der Waals surface area contributed by atoms with Crippen LogP contribution in [0.25, 0.3) is 0 Å². The lowest BCUT2D eigenvalue weighted by Gasteiger charge is -2.41. The summed E-state index contributed by atoms with van der Waals surface area (Å²) in [5, 5.41) is 11.9. The van der Waals surface area contributed by atoms with Crippen LogP contribution in [0, 0.1) is 24.2 Å². The molecule has 1 aromatic heterocycles. The summed E-state index contributed by atoms with van der Waals surface area (Å²) in [5.41, 5.74) is 3.17. The average Bonchev–Trinajstić information content (AvgIpc) is 2.66. The van der Waals surface area contributed by atoms with Gasteiger partial charge in [-0.05, 0) is 49.7 Å². The highest BCUT2D eigenvalue weighted by Gasteiger charge is 2.27. The Labute approximate surface area is 158 Å². The van der Waals surface area contributed by atoms with Crippen molar-refractivity contribution in [3.8, 4) is 6.07 Å². The van der Waals surface area contributed by atoms with Gasteiger partial charge in [0.15, 0.2) is 0 Å². The van der Waals surface area contributed by atoms with Crippen LogP contribution in [0.2, 0.25) is 0 Å². The Morgan fingerprint density at radius 2 is 2.19 bits per heavy atom. The van der Waals surface area contributed by atoms with Crippen molar-refractivity contribution in [1.82, 2.24) is 15.2 Å². The predicted molar refractivity (Wildman–Crippen MR) is 101 cm³/mol. The minimum Gasteiger partial charge on any atom is -0.365 e. The molecule has 1 atom stereocenters. The van der Waals surface area contributed by atoms with Crippen LogP contribution < -0.4 is 10.2 Å². The largest absolute Gasteiger partial charge is 0.365 e. The lowest BCUT2D eigenvalue weighted by Crippen LogP contribution is -2.56. The number of amides is 2. The number of rotatable bonds is 3. The number of nitriles is 1. The molecule has 0 spiro atoms. The zero-order valence-electron chi connectivity index (χ0n) is 15.4. The van der Waals surface area contributed by atoms with Crippen LogP contribution in [0.3, 0.4) is 0 Å². The number of piperazine rings is 1. The van der Waals surface area contributed by atoms with Crippen LogP contribution in [0.15, 0.2) is 36.4 Å². The highest BCUT2D eigenvalue weighted by atomic mass is 19.1. The van der Waals surface area contributed by atoms with Crippen LogP contribution in [0.5, 0.6) is 0 Å². The maximum absolute atomic E-state index is 13.1. The number of carbonyl (C=O) groups is 1. The first-order valence-electron chi connectivity index (χ1n) is 8.89. The van der Waals surface area contributed by atoms with Crippen molar-refractivity contribution in [2.75, 3.05) is 24.5 Å². The Morgan fingerprint density at radius 1 is 1.37 bits per heavy atom. The number of urea groups is 1. The van der Waals surface area contributed by atoms with Gasteiger partial charge in [0.2, 0.25) is 5.95 Å². The summed E-state index contributed by atoms with van der Waals surface area (Å²) in [5.74, 6) is -0.554. The Hall–Kier alpha value is -3.14. The molecule has 140 valence electrons. The first kappa shape index (κ1) is 18.6. The van der Waals surface area contributed by atoms with Crippen molar-refractivity contribution in [1.29, 1.82) is 5.26 Å². The van der Waals surface area contributed by atoms with Gasteiger partial charge in [-0.3, -0.25) is 0 Å². The SMILES string of the molecule is Cc1cc(N2CCN(C(=O)NCc3cccc(F)n3)C[C@@H]2C)ccc1C#N. The molecule has 2 aromatic rings. The van der Waals surface area contributed by atoms with E-state index in [-0.39, 0.29) is 18.6 Å². The van der Waals surface area contributed by atoms with Gasteiger partial charge in [-0.2, -0.15) is 9.65 Å². The number of hydrogen-bond donors (Lipinski definition) is 1. The molecule has 0 radical (unpaired) electrons. The molecular formula is C20H22FN5O. The molecule has 27 heavy (non-hydrogen) atoms. The van der Waals surface area contributed by atoms with E-state index in [2.05, 4.69) is 28.2 Å². The van der Waals surface area contributed by atoms with Crippen LogP contribution in [0.1, 0.15) is 23.7 Å². The van der Waals surface area contributed by atoms with E-state index < -0.39 is 5.95 Å². The van der Waals surface area contributed by atoms with E-state index in [9.17, 15) is 9.18 Å². The standard InChI is InChI=1S/C20H22FN5O/c1-14-10-18(7-6-16(14)11-22)26-9-8-25(13-15(26)2)20(27)23-12-17-4-3-5-19(21)24-17/h3-7,10,15H,8-9,12-13H2,1-2H3,(H,23,27)/t15-/m0/s1. The maximum Gasteiger partial charge on any atom is 0.317 e. The average molecular weight is 367 g/mol. The summed E-state index contributed by atoms with van der Waals surface area (Å²) in [4.78, 5) is 20.2. The lowest BCUT2D eigenvalue weighted by atomic mass is 10.1. The maximum atomic E-state index is 13.1. The monoisotopic (exact) mass is 367 g/mol. The van der Waals surface area contributed by atoms with Crippen molar-refractivity contribution < 1.29 is 9.18 Å². The molecule has 0 saturated carbocycles. The van der Waals surface area contributed by atoms with Crippen molar-refractivity contribution in [2.24, 2.45) is 0 Å². The molecule has 0 bridgehead atoms. The molecule has 1 fully saturated rings. The van der Waals surface area contributed by atoms with E-state index in [1.54, 1.807) is 17.0 Å². The third-order valence-electron chi connectivity index (χ3n) is 4.77. The fourth-order valence-corrected chi connectivity index (χ4v) is 3.30. The second-order valence-corrected chi connectivity index (χ2v) is 6.71. The smallest absolute Gasteiger partial charge is 0.317 e. The fraction of sp³-hybridized carbons (Fsp3) is 0.350. The van der Waals surface area contributed by atoms with E-state index in [0.29, 0.717) is 30.9 Å². The van der Waals surface area contributed by atoms with Crippen LogP contribution in [-0.4, -0.2) is 41.6 Å². The van der Waals surface area contributed by atoms with Crippen LogP contribution in [-0.2, 0) is 6.54 Å². The number of anilines is 1. The quantitative estimate of drug-likeness (QED) is 0.847. The normalized spacial score (nSPS) is 16.7. The zero-order valence-corrected chi connectivity index (χ0v) is 15.4. The summed E-state index contributed by atoms with van der Waals surface area (Å²) in [6, 6.07) is 12.5. The van der Waals surface area contributed by atoms with E-state index >= 15 is 0 Å². The summed E-state index contributed by atoms with van der Waals surface area (Å²) < 4.78 is 13.1. The number of pyridine rings is 1. The third-order valence-corrected chi connectivity index (χ3v) is 4.77. The van der Waals surface area contributed by atoms with Gasteiger partial charge < -0.3 is 15.1 Å². The zero-order chi connectivity index (χ0) is 19.4. The van der Waals surface area contributed by atoms with Crippen molar-refractivity contribution in [3.63, 3.8) is 0 Å². The van der Waals surface area contributed by atoms with Gasteiger partial charge in [-0.1, -0.05) is 6.07 Å². The molecule has 7 heteroatoms. The molecule has 0 unspecified atom stereocenters. The van der Waals surface area contributed by atoms with Crippen molar-refractivity contribution >= 4 is 11.7 Å². The Balaban J connectivity index is 1.58. The predicted octanol–water partition coefficient (Wildman–Crippen LogP) is 2.82.